The average Bonchev–Trinajstić information content (AvgIpc) is 2.82. The summed E-state index contributed by atoms with van der Waals surface area (Å²) in [5.74, 6) is 0.0796. The van der Waals surface area contributed by atoms with Crippen molar-refractivity contribution in [3.05, 3.63) is 17.3 Å². The highest BCUT2D eigenvalue weighted by atomic mass is 35.5. The number of sulfonamides is 1. The van der Waals surface area contributed by atoms with E-state index in [1.54, 1.807) is 0 Å². The Morgan fingerprint density at radius 3 is 2.60 bits per heavy atom. The second-order valence-corrected chi connectivity index (χ2v) is 9.20. The molecule has 1 aromatic heterocycles. The van der Waals surface area contributed by atoms with E-state index in [1.165, 1.54) is 6.07 Å². The molecule has 1 spiro atoms. The molecule has 2 N–H and O–H groups in total. The second-order valence-electron chi connectivity index (χ2n) is 7.23. The molecule has 0 bridgehead atoms. The van der Waals surface area contributed by atoms with E-state index in [-0.39, 0.29) is 21.4 Å². The van der Waals surface area contributed by atoms with Gasteiger partial charge in [-0.05, 0) is 51.5 Å². The molecular formula is C16H23ClN2O5S. The number of primary sulfonamides is 1. The lowest BCUT2D eigenvalue weighted by Crippen LogP contribution is -2.39. The van der Waals surface area contributed by atoms with Crippen LogP contribution in [0.5, 0.6) is 5.88 Å². The van der Waals surface area contributed by atoms with Gasteiger partial charge in [0.25, 0.3) is 0 Å². The first-order valence-corrected chi connectivity index (χ1v) is 10.2. The number of halogens is 1. The molecule has 3 rings (SSSR count). The quantitative estimate of drug-likeness (QED) is 0.847. The molecular weight excluding hydrogens is 368 g/mol. The molecule has 9 heteroatoms. The zero-order valence-corrected chi connectivity index (χ0v) is 15.9. The molecule has 1 saturated heterocycles. The lowest BCUT2D eigenvalue weighted by molar-refractivity contribution is -0.169. The van der Waals surface area contributed by atoms with Gasteiger partial charge in [-0.15, -0.1) is 0 Å². The van der Waals surface area contributed by atoms with Gasteiger partial charge in [-0.1, -0.05) is 11.6 Å². The fourth-order valence-corrected chi connectivity index (χ4v) is 4.14. The van der Waals surface area contributed by atoms with Crippen LogP contribution in [0.2, 0.25) is 5.02 Å². The highest BCUT2D eigenvalue weighted by Gasteiger charge is 2.47. The molecule has 2 heterocycles. The van der Waals surface area contributed by atoms with Crippen LogP contribution < -0.4 is 9.88 Å². The Morgan fingerprint density at radius 1 is 1.40 bits per heavy atom. The van der Waals surface area contributed by atoms with Gasteiger partial charge in [-0.3, -0.25) is 0 Å². The van der Waals surface area contributed by atoms with Crippen molar-refractivity contribution < 1.29 is 22.6 Å². The first kappa shape index (κ1) is 18.8. The van der Waals surface area contributed by atoms with Gasteiger partial charge in [-0.25, -0.2) is 18.5 Å². The average molecular weight is 391 g/mol. The summed E-state index contributed by atoms with van der Waals surface area (Å²) in [6.45, 7) is 4.99. The predicted octanol–water partition coefficient (Wildman–Crippen LogP) is 2.47. The molecule has 2 aliphatic rings. The molecule has 140 valence electrons. The minimum absolute atomic E-state index is 0.132. The number of nitrogens with two attached hydrogens (primary N) is 1. The number of rotatable bonds is 4. The lowest BCUT2D eigenvalue weighted by Gasteiger charge is -2.36. The van der Waals surface area contributed by atoms with Crippen LogP contribution in [0.4, 0.5) is 0 Å². The standard InChI is InChI=1S/C16H23ClN2O5S/c1-15(2)23-10-16(24-15)5-3-11(4-6-16)9-22-14-13(17)7-12(8-19-14)25(18,20)21/h7-8,11H,3-6,9-10H2,1-2H3,(H2,18,20,21). The molecule has 25 heavy (non-hydrogen) atoms. The Morgan fingerprint density at radius 2 is 2.08 bits per heavy atom. The van der Waals surface area contributed by atoms with Crippen molar-refractivity contribution in [2.45, 2.75) is 55.8 Å². The van der Waals surface area contributed by atoms with Crippen molar-refractivity contribution in [2.75, 3.05) is 13.2 Å². The van der Waals surface area contributed by atoms with E-state index in [0.29, 0.717) is 19.1 Å². The van der Waals surface area contributed by atoms with Crippen molar-refractivity contribution in [2.24, 2.45) is 11.1 Å². The second kappa shape index (κ2) is 6.66. The summed E-state index contributed by atoms with van der Waals surface area (Å²) in [7, 11) is -3.83. The highest BCUT2D eigenvalue weighted by Crippen LogP contribution is 2.43. The number of pyridine rings is 1. The number of nitrogens with zero attached hydrogens (tertiary/aromatic N) is 1. The van der Waals surface area contributed by atoms with Crippen molar-refractivity contribution >= 4 is 21.6 Å². The van der Waals surface area contributed by atoms with E-state index < -0.39 is 15.8 Å². The summed E-state index contributed by atoms with van der Waals surface area (Å²) < 4.78 is 40.1. The molecule has 0 atom stereocenters. The number of ether oxygens (including phenoxy) is 3. The number of aromatic nitrogens is 1. The first-order valence-electron chi connectivity index (χ1n) is 8.24. The van der Waals surface area contributed by atoms with Gasteiger partial charge >= 0.3 is 0 Å². The molecule has 7 nitrogen and oxygen atoms in total. The summed E-state index contributed by atoms with van der Waals surface area (Å²) in [5, 5.41) is 5.19. The third-order valence-corrected chi connectivity index (χ3v) is 5.88. The maximum absolute atomic E-state index is 11.3. The largest absolute Gasteiger partial charge is 0.476 e. The molecule has 2 fully saturated rings. The van der Waals surface area contributed by atoms with Crippen molar-refractivity contribution in [3.8, 4) is 5.88 Å². The molecule has 0 amide bonds. The minimum Gasteiger partial charge on any atom is -0.476 e. The molecule has 0 radical (unpaired) electrons. The number of hydrogen-bond donors (Lipinski definition) is 1. The zero-order chi connectivity index (χ0) is 18.3. The van der Waals surface area contributed by atoms with Crippen LogP contribution in [-0.4, -0.2) is 38.0 Å². The van der Waals surface area contributed by atoms with Crippen molar-refractivity contribution in [3.63, 3.8) is 0 Å². The monoisotopic (exact) mass is 390 g/mol. The third-order valence-electron chi connectivity index (χ3n) is 4.73. The summed E-state index contributed by atoms with van der Waals surface area (Å²) >= 11 is 6.04. The van der Waals surface area contributed by atoms with E-state index in [9.17, 15) is 8.42 Å². The Kier molecular flexibility index (Phi) is 5.02. The van der Waals surface area contributed by atoms with Gasteiger partial charge in [0.15, 0.2) is 5.79 Å². The Bertz CT molecular complexity index is 745. The molecule has 1 aromatic rings. The predicted molar refractivity (Wildman–Crippen MR) is 91.9 cm³/mol. The maximum atomic E-state index is 11.3. The van der Waals surface area contributed by atoms with Crippen LogP contribution in [0.1, 0.15) is 39.5 Å². The fraction of sp³-hybridized carbons (Fsp3) is 0.688. The van der Waals surface area contributed by atoms with E-state index >= 15 is 0 Å². The Balaban J connectivity index is 1.54. The summed E-state index contributed by atoms with van der Waals surface area (Å²) in [5.41, 5.74) is -0.174. The maximum Gasteiger partial charge on any atom is 0.239 e. The molecule has 0 unspecified atom stereocenters. The van der Waals surface area contributed by atoms with Gasteiger partial charge in [0.2, 0.25) is 15.9 Å². The Labute approximate surface area is 152 Å². The van der Waals surface area contributed by atoms with Crippen LogP contribution in [0.25, 0.3) is 0 Å². The normalized spacial score (nSPS) is 29.0. The molecule has 0 aromatic carbocycles. The van der Waals surface area contributed by atoms with Gasteiger partial charge < -0.3 is 14.2 Å². The minimum atomic E-state index is -3.83. The fourth-order valence-electron chi connectivity index (χ4n) is 3.37. The summed E-state index contributed by atoms with van der Waals surface area (Å²) in [6.07, 6.45) is 4.93. The molecule has 1 saturated carbocycles. The van der Waals surface area contributed by atoms with Crippen LogP contribution in [0.3, 0.4) is 0 Å². The first-order chi connectivity index (χ1) is 11.6. The van der Waals surface area contributed by atoms with Crippen LogP contribution in [-0.2, 0) is 19.5 Å². The third kappa shape index (κ3) is 4.43. The highest BCUT2D eigenvalue weighted by molar-refractivity contribution is 7.89. The zero-order valence-electron chi connectivity index (χ0n) is 14.3. The van der Waals surface area contributed by atoms with Gasteiger partial charge in [0.05, 0.1) is 25.0 Å². The van der Waals surface area contributed by atoms with Crippen LogP contribution in [0, 0.1) is 5.92 Å². The molecule has 1 aliphatic heterocycles. The van der Waals surface area contributed by atoms with E-state index in [0.717, 1.165) is 31.9 Å². The van der Waals surface area contributed by atoms with Crippen molar-refractivity contribution in [1.29, 1.82) is 0 Å². The summed E-state index contributed by atoms with van der Waals surface area (Å²) in [6, 6.07) is 1.25. The van der Waals surface area contributed by atoms with Crippen LogP contribution >= 0.6 is 11.6 Å². The SMILES string of the molecule is CC1(C)OCC2(CCC(COc3ncc(S(N)(=O)=O)cc3Cl)CC2)O1. The number of hydrogen-bond acceptors (Lipinski definition) is 6. The van der Waals surface area contributed by atoms with Crippen LogP contribution in [0.15, 0.2) is 17.2 Å². The molecule has 1 aliphatic carbocycles. The smallest absolute Gasteiger partial charge is 0.239 e. The van der Waals surface area contributed by atoms with E-state index in [1.807, 2.05) is 13.8 Å². The van der Waals surface area contributed by atoms with Gasteiger partial charge in [0, 0.05) is 0 Å². The Hall–Kier alpha value is -0.930. The van der Waals surface area contributed by atoms with Gasteiger partial charge in [0.1, 0.15) is 9.92 Å². The van der Waals surface area contributed by atoms with Crippen molar-refractivity contribution in [1.82, 2.24) is 4.98 Å². The lowest BCUT2D eigenvalue weighted by atomic mass is 9.79. The van der Waals surface area contributed by atoms with E-state index in [2.05, 4.69) is 4.98 Å². The van der Waals surface area contributed by atoms with Gasteiger partial charge in [-0.2, -0.15) is 0 Å². The summed E-state index contributed by atoms with van der Waals surface area (Å²) in [4.78, 5) is 3.83. The topological polar surface area (TPSA) is 101 Å². The van der Waals surface area contributed by atoms with E-state index in [4.69, 9.17) is 31.0 Å².